The predicted octanol–water partition coefficient (Wildman–Crippen LogP) is 5.36. The highest BCUT2D eigenvalue weighted by Gasteiger charge is 2.27. The van der Waals surface area contributed by atoms with Crippen molar-refractivity contribution < 1.29 is 0 Å². The second kappa shape index (κ2) is 7.82. The third-order valence-electron chi connectivity index (χ3n) is 4.29. The number of rotatable bonds is 6. The fraction of sp³-hybridized carbons (Fsp3) is 0.529. The van der Waals surface area contributed by atoms with E-state index in [0.717, 1.165) is 11.7 Å². The molecule has 1 nitrogen and oxygen atoms in total. The van der Waals surface area contributed by atoms with Gasteiger partial charge in [-0.1, -0.05) is 25.0 Å². The Morgan fingerprint density at radius 2 is 2.00 bits per heavy atom. The second-order valence-electron chi connectivity index (χ2n) is 5.68. The van der Waals surface area contributed by atoms with Crippen LogP contribution in [0.4, 0.5) is 0 Å². The highest BCUT2D eigenvalue weighted by molar-refractivity contribution is 7.99. The molecular weight excluding hydrogens is 314 g/mol. The van der Waals surface area contributed by atoms with E-state index in [9.17, 15) is 0 Å². The van der Waals surface area contributed by atoms with Crippen LogP contribution >= 0.6 is 34.4 Å². The van der Waals surface area contributed by atoms with Gasteiger partial charge in [-0.25, -0.2) is 0 Å². The van der Waals surface area contributed by atoms with Crippen LogP contribution in [0.1, 0.15) is 41.5 Å². The van der Waals surface area contributed by atoms with Crippen molar-refractivity contribution in [2.45, 2.75) is 49.4 Å². The van der Waals surface area contributed by atoms with Crippen molar-refractivity contribution in [2.75, 3.05) is 6.26 Å². The lowest BCUT2D eigenvalue weighted by molar-refractivity contribution is 0.348. The van der Waals surface area contributed by atoms with Gasteiger partial charge in [-0.2, -0.15) is 11.8 Å². The number of thiophene rings is 2. The van der Waals surface area contributed by atoms with Gasteiger partial charge in [0.1, 0.15) is 0 Å². The van der Waals surface area contributed by atoms with Gasteiger partial charge < -0.3 is 5.32 Å². The lowest BCUT2D eigenvalue weighted by atomic mass is 9.93. The molecule has 21 heavy (non-hydrogen) atoms. The SMILES string of the molecule is CSC1CCCCC1NC(Cc1cccs1)c1cccs1. The maximum absolute atomic E-state index is 3.99. The van der Waals surface area contributed by atoms with Gasteiger partial charge in [0.2, 0.25) is 0 Å². The first-order chi connectivity index (χ1) is 10.4. The second-order valence-corrected chi connectivity index (χ2v) is 8.77. The zero-order valence-corrected chi connectivity index (χ0v) is 14.9. The van der Waals surface area contributed by atoms with Crippen LogP contribution in [0.25, 0.3) is 0 Å². The highest BCUT2D eigenvalue weighted by Crippen LogP contribution is 2.31. The molecule has 1 fully saturated rings. The summed E-state index contributed by atoms with van der Waals surface area (Å²) in [5.41, 5.74) is 0. The zero-order chi connectivity index (χ0) is 14.5. The summed E-state index contributed by atoms with van der Waals surface area (Å²) in [7, 11) is 0. The lowest BCUT2D eigenvalue weighted by Gasteiger charge is -2.34. The van der Waals surface area contributed by atoms with Crippen molar-refractivity contribution in [3.05, 3.63) is 44.8 Å². The molecule has 0 amide bonds. The topological polar surface area (TPSA) is 12.0 Å². The average Bonchev–Trinajstić information content (AvgIpc) is 3.20. The summed E-state index contributed by atoms with van der Waals surface area (Å²) in [5, 5.41) is 9.16. The van der Waals surface area contributed by atoms with E-state index in [1.807, 2.05) is 34.4 Å². The summed E-state index contributed by atoms with van der Waals surface area (Å²) in [6, 6.07) is 10.0. The van der Waals surface area contributed by atoms with Crippen LogP contribution in [-0.2, 0) is 6.42 Å². The summed E-state index contributed by atoms with van der Waals surface area (Å²) >= 11 is 5.81. The normalized spacial score (nSPS) is 24.0. The molecule has 0 saturated heterocycles. The van der Waals surface area contributed by atoms with Gasteiger partial charge in [0.25, 0.3) is 0 Å². The molecule has 3 unspecified atom stereocenters. The minimum atomic E-state index is 0.474. The maximum atomic E-state index is 3.99. The number of hydrogen-bond donors (Lipinski definition) is 1. The van der Waals surface area contributed by atoms with E-state index in [1.54, 1.807) is 0 Å². The Balaban J connectivity index is 1.72. The van der Waals surface area contributed by atoms with Crippen molar-refractivity contribution >= 4 is 34.4 Å². The molecule has 0 aliphatic heterocycles. The van der Waals surface area contributed by atoms with Crippen molar-refractivity contribution in [3.63, 3.8) is 0 Å². The first-order valence-corrected chi connectivity index (χ1v) is 10.8. The molecule has 2 heterocycles. The minimum absolute atomic E-state index is 0.474. The molecule has 0 aromatic carbocycles. The fourth-order valence-corrected chi connectivity index (χ4v) is 5.67. The molecule has 1 aliphatic rings. The highest BCUT2D eigenvalue weighted by atomic mass is 32.2. The van der Waals surface area contributed by atoms with Gasteiger partial charge in [0, 0.05) is 33.5 Å². The van der Waals surface area contributed by atoms with Gasteiger partial charge >= 0.3 is 0 Å². The number of hydrogen-bond acceptors (Lipinski definition) is 4. The van der Waals surface area contributed by atoms with Crippen molar-refractivity contribution in [1.29, 1.82) is 0 Å². The first-order valence-electron chi connectivity index (χ1n) is 7.71. The molecule has 0 spiro atoms. The zero-order valence-electron chi connectivity index (χ0n) is 12.5. The van der Waals surface area contributed by atoms with E-state index in [-0.39, 0.29) is 0 Å². The predicted molar refractivity (Wildman–Crippen MR) is 97.8 cm³/mol. The molecule has 3 atom stereocenters. The summed E-state index contributed by atoms with van der Waals surface area (Å²) in [6.45, 7) is 0. The van der Waals surface area contributed by atoms with Crippen LogP contribution in [0.15, 0.2) is 35.0 Å². The average molecular weight is 338 g/mol. The Morgan fingerprint density at radius 1 is 1.19 bits per heavy atom. The maximum Gasteiger partial charge on any atom is 0.0466 e. The van der Waals surface area contributed by atoms with Crippen LogP contribution in [0, 0.1) is 0 Å². The fourth-order valence-electron chi connectivity index (χ4n) is 3.19. The third-order valence-corrected chi connectivity index (χ3v) is 7.35. The third kappa shape index (κ3) is 4.13. The summed E-state index contributed by atoms with van der Waals surface area (Å²) in [5.74, 6) is 0. The van der Waals surface area contributed by atoms with Crippen molar-refractivity contribution in [2.24, 2.45) is 0 Å². The molecule has 2 aromatic heterocycles. The molecule has 4 heteroatoms. The number of thioether (sulfide) groups is 1. The van der Waals surface area contributed by atoms with E-state index in [1.165, 1.54) is 35.4 Å². The molecule has 2 aromatic rings. The molecule has 3 rings (SSSR count). The van der Waals surface area contributed by atoms with E-state index >= 15 is 0 Å². The van der Waals surface area contributed by atoms with E-state index in [0.29, 0.717) is 12.1 Å². The van der Waals surface area contributed by atoms with E-state index < -0.39 is 0 Å². The molecule has 0 radical (unpaired) electrons. The summed E-state index contributed by atoms with van der Waals surface area (Å²) in [4.78, 5) is 2.96. The molecular formula is C17H23NS3. The Hall–Kier alpha value is -0.290. The standard InChI is InChI=1S/C17H23NS3/c1-19-16-8-3-2-7-14(16)18-15(17-9-5-11-21-17)12-13-6-4-10-20-13/h4-6,9-11,14-16,18H,2-3,7-8,12H2,1H3. The Kier molecular flexibility index (Phi) is 5.81. The molecule has 114 valence electrons. The Labute approximate surface area is 140 Å². The first kappa shape index (κ1) is 15.6. The van der Waals surface area contributed by atoms with E-state index in [4.69, 9.17) is 0 Å². The van der Waals surface area contributed by atoms with Crippen LogP contribution in [0.2, 0.25) is 0 Å². The van der Waals surface area contributed by atoms with Gasteiger partial charge in [0.05, 0.1) is 0 Å². The molecule has 1 saturated carbocycles. The molecule has 1 N–H and O–H groups in total. The largest absolute Gasteiger partial charge is 0.305 e. The van der Waals surface area contributed by atoms with Crippen LogP contribution in [0.3, 0.4) is 0 Å². The Morgan fingerprint density at radius 3 is 2.71 bits per heavy atom. The van der Waals surface area contributed by atoms with Gasteiger partial charge in [-0.15, -0.1) is 22.7 Å². The van der Waals surface area contributed by atoms with Crippen molar-refractivity contribution in [3.8, 4) is 0 Å². The summed E-state index contributed by atoms with van der Waals surface area (Å²) in [6.07, 6.45) is 8.87. The van der Waals surface area contributed by atoms with E-state index in [2.05, 4.69) is 46.6 Å². The molecule has 0 bridgehead atoms. The monoisotopic (exact) mass is 337 g/mol. The quantitative estimate of drug-likeness (QED) is 0.762. The Bertz CT molecular complexity index is 506. The van der Waals surface area contributed by atoms with Gasteiger partial charge in [0.15, 0.2) is 0 Å². The lowest BCUT2D eigenvalue weighted by Crippen LogP contribution is -2.42. The van der Waals surface area contributed by atoms with Gasteiger partial charge in [-0.3, -0.25) is 0 Å². The minimum Gasteiger partial charge on any atom is -0.305 e. The summed E-state index contributed by atoms with van der Waals surface area (Å²) < 4.78 is 0. The number of nitrogens with one attached hydrogen (secondary N) is 1. The van der Waals surface area contributed by atoms with Crippen molar-refractivity contribution in [1.82, 2.24) is 5.32 Å². The smallest absolute Gasteiger partial charge is 0.0466 e. The van der Waals surface area contributed by atoms with Crippen LogP contribution < -0.4 is 5.32 Å². The van der Waals surface area contributed by atoms with Crippen LogP contribution in [-0.4, -0.2) is 17.5 Å². The van der Waals surface area contributed by atoms with Crippen LogP contribution in [0.5, 0.6) is 0 Å². The van der Waals surface area contributed by atoms with Gasteiger partial charge in [-0.05, 0) is 42.0 Å². The molecule has 1 aliphatic carbocycles.